The number of carboxylic acids is 1. The molecule has 1 aliphatic heterocycles. The van der Waals surface area contributed by atoms with Crippen LogP contribution in [-0.4, -0.2) is 29.1 Å². The lowest BCUT2D eigenvalue weighted by atomic mass is 9.90. The molecule has 0 saturated carbocycles. The molecular formula is C12H13FN2O4. The summed E-state index contributed by atoms with van der Waals surface area (Å²) >= 11 is 0. The van der Waals surface area contributed by atoms with Gasteiger partial charge in [-0.1, -0.05) is 6.07 Å². The SMILES string of the molecule is CC1(C(=O)O)CCN(c2cccc(F)c2[N+](=O)[O-])C1. The number of nitrogens with zero attached hydrogens (tertiary/aromatic N) is 2. The van der Waals surface area contributed by atoms with Gasteiger partial charge in [0, 0.05) is 13.1 Å². The number of para-hydroxylation sites is 1. The van der Waals surface area contributed by atoms with E-state index < -0.39 is 27.8 Å². The van der Waals surface area contributed by atoms with Crippen molar-refractivity contribution in [2.75, 3.05) is 18.0 Å². The van der Waals surface area contributed by atoms with Crippen LogP contribution in [-0.2, 0) is 4.79 Å². The Morgan fingerprint density at radius 3 is 2.79 bits per heavy atom. The Kier molecular flexibility index (Phi) is 3.13. The van der Waals surface area contributed by atoms with E-state index in [1.54, 1.807) is 11.8 Å². The fraction of sp³-hybridized carbons (Fsp3) is 0.417. The van der Waals surface area contributed by atoms with Crippen molar-refractivity contribution in [3.8, 4) is 0 Å². The van der Waals surface area contributed by atoms with Crippen LogP contribution in [0.25, 0.3) is 0 Å². The van der Waals surface area contributed by atoms with E-state index in [4.69, 9.17) is 5.11 Å². The van der Waals surface area contributed by atoms with Crippen LogP contribution < -0.4 is 4.90 Å². The zero-order valence-corrected chi connectivity index (χ0v) is 10.3. The molecule has 1 aromatic rings. The molecule has 1 heterocycles. The topological polar surface area (TPSA) is 83.7 Å². The Balaban J connectivity index is 2.37. The van der Waals surface area contributed by atoms with Gasteiger partial charge in [-0.25, -0.2) is 0 Å². The Labute approximate surface area is 108 Å². The lowest BCUT2D eigenvalue weighted by Gasteiger charge is -2.21. The standard InChI is InChI=1S/C12H13FN2O4/c1-12(11(16)17)5-6-14(7-12)9-4-2-3-8(13)10(9)15(18)19/h2-4H,5-7H2,1H3,(H,16,17). The Morgan fingerprint density at radius 1 is 1.58 bits per heavy atom. The van der Waals surface area contributed by atoms with Gasteiger partial charge in [0.2, 0.25) is 5.82 Å². The highest BCUT2D eigenvalue weighted by molar-refractivity contribution is 5.77. The number of carbonyl (C=O) groups is 1. The van der Waals surface area contributed by atoms with Crippen LogP contribution in [0.15, 0.2) is 18.2 Å². The summed E-state index contributed by atoms with van der Waals surface area (Å²) in [6, 6.07) is 3.84. The van der Waals surface area contributed by atoms with Crippen LogP contribution in [0.3, 0.4) is 0 Å². The van der Waals surface area contributed by atoms with E-state index in [-0.39, 0.29) is 12.2 Å². The lowest BCUT2D eigenvalue weighted by Crippen LogP contribution is -2.32. The Morgan fingerprint density at radius 2 is 2.26 bits per heavy atom. The minimum atomic E-state index is -0.958. The van der Waals surface area contributed by atoms with Crippen LogP contribution in [0.1, 0.15) is 13.3 Å². The summed E-state index contributed by atoms with van der Waals surface area (Å²) in [7, 11) is 0. The molecule has 102 valence electrons. The number of benzene rings is 1. The van der Waals surface area contributed by atoms with E-state index in [2.05, 4.69) is 0 Å². The Hall–Kier alpha value is -2.18. The monoisotopic (exact) mass is 268 g/mol. The molecule has 1 unspecified atom stereocenters. The maximum Gasteiger partial charge on any atom is 0.327 e. The van der Waals surface area contributed by atoms with Crippen molar-refractivity contribution in [3.63, 3.8) is 0 Å². The van der Waals surface area contributed by atoms with Gasteiger partial charge in [0.15, 0.2) is 0 Å². The van der Waals surface area contributed by atoms with Crippen LogP contribution in [0.4, 0.5) is 15.8 Å². The molecule has 0 amide bonds. The molecule has 6 nitrogen and oxygen atoms in total. The number of aliphatic carboxylic acids is 1. The first-order chi connectivity index (χ1) is 8.85. The minimum Gasteiger partial charge on any atom is -0.481 e. The predicted molar refractivity (Wildman–Crippen MR) is 65.6 cm³/mol. The minimum absolute atomic E-state index is 0.132. The van der Waals surface area contributed by atoms with E-state index in [9.17, 15) is 19.3 Å². The maximum atomic E-state index is 13.5. The highest BCUT2D eigenvalue weighted by atomic mass is 19.1. The normalized spacial score (nSPS) is 22.5. The molecule has 1 fully saturated rings. The van der Waals surface area contributed by atoms with Gasteiger partial charge >= 0.3 is 11.7 Å². The van der Waals surface area contributed by atoms with E-state index in [0.29, 0.717) is 13.0 Å². The molecule has 19 heavy (non-hydrogen) atoms. The molecule has 2 rings (SSSR count). The van der Waals surface area contributed by atoms with Crippen LogP contribution in [0.2, 0.25) is 0 Å². The van der Waals surface area contributed by atoms with E-state index in [0.717, 1.165) is 6.07 Å². The molecule has 0 radical (unpaired) electrons. The van der Waals surface area contributed by atoms with Gasteiger partial charge in [-0.3, -0.25) is 14.9 Å². The largest absolute Gasteiger partial charge is 0.481 e. The van der Waals surface area contributed by atoms with Gasteiger partial charge in [0.05, 0.1) is 10.3 Å². The molecule has 1 aliphatic rings. The van der Waals surface area contributed by atoms with Crippen molar-refractivity contribution in [1.82, 2.24) is 0 Å². The first-order valence-corrected chi connectivity index (χ1v) is 5.76. The number of nitro benzene ring substituents is 1. The van der Waals surface area contributed by atoms with Crippen LogP contribution in [0, 0.1) is 21.3 Å². The van der Waals surface area contributed by atoms with Crippen molar-refractivity contribution >= 4 is 17.3 Å². The molecule has 0 aliphatic carbocycles. The number of hydrogen-bond acceptors (Lipinski definition) is 4. The average Bonchev–Trinajstić information content (AvgIpc) is 2.72. The molecule has 1 saturated heterocycles. The molecule has 0 spiro atoms. The zero-order chi connectivity index (χ0) is 14.2. The summed E-state index contributed by atoms with van der Waals surface area (Å²) < 4.78 is 13.5. The van der Waals surface area contributed by atoms with Crippen molar-refractivity contribution in [1.29, 1.82) is 0 Å². The van der Waals surface area contributed by atoms with Gasteiger partial charge in [-0.15, -0.1) is 0 Å². The van der Waals surface area contributed by atoms with Gasteiger partial charge < -0.3 is 10.0 Å². The van der Waals surface area contributed by atoms with Crippen molar-refractivity contribution in [2.24, 2.45) is 5.41 Å². The van der Waals surface area contributed by atoms with Crippen molar-refractivity contribution in [3.05, 3.63) is 34.1 Å². The second kappa shape index (κ2) is 4.49. The number of carboxylic acid groups (broad SMARTS) is 1. The molecule has 1 aromatic carbocycles. The van der Waals surface area contributed by atoms with Crippen LogP contribution >= 0.6 is 0 Å². The summed E-state index contributed by atoms with van der Waals surface area (Å²) in [6.45, 7) is 2.07. The van der Waals surface area contributed by atoms with Crippen LogP contribution in [0.5, 0.6) is 0 Å². The molecule has 1 N–H and O–H groups in total. The van der Waals surface area contributed by atoms with Crippen molar-refractivity contribution < 1.29 is 19.2 Å². The fourth-order valence-electron chi connectivity index (χ4n) is 2.28. The van der Waals surface area contributed by atoms with Crippen molar-refractivity contribution in [2.45, 2.75) is 13.3 Å². The van der Waals surface area contributed by atoms with Gasteiger partial charge in [-0.05, 0) is 25.5 Å². The second-order valence-electron chi connectivity index (χ2n) is 4.90. The van der Waals surface area contributed by atoms with Gasteiger partial charge in [0.25, 0.3) is 0 Å². The predicted octanol–water partition coefficient (Wildman–Crippen LogP) is 2.03. The van der Waals surface area contributed by atoms with E-state index in [1.165, 1.54) is 12.1 Å². The highest BCUT2D eigenvalue weighted by Gasteiger charge is 2.42. The lowest BCUT2D eigenvalue weighted by molar-refractivity contribution is -0.386. The number of halogens is 1. The molecule has 0 bridgehead atoms. The van der Waals surface area contributed by atoms with E-state index in [1.807, 2.05) is 0 Å². The maximum absolute atomic E-state index is 13.5. The smallest absolute Gasteiger partial charge is 0.327 e. The highest BCUT2D eigenvalue weighted by Crippen LogP contribution is 2.38. The first-order valence-electron chi connectivity index (χ1n) is 5.76. The van der Waals surface area contributed by atoms with Gasteiger partial charge in [0.1, 0.15) is 5.69 Å². The third-order valence-electron chi connectivity index (χ3n) is 3.48. The average molecular weight is 268 g/mol. The number of anilines is 1. The molecule has 0 aromatic heterocycles. The summed E-state index contributed by atoms with van der Waals surface area (Å²) in [4.78, 5) is 22.8. The fourth-order valence-corrected chi connectivity index (χ4v) is 2.28. The number of rotatable bonds is 3. The molecule has 7 heteroatoms. The number of nitro groups is 1. The zero-order valence-electron chi connectivity index (χ0n) is 10.3. The third-order valence-corrected chi connectivity index (χ3v) is 3.48. The molecular weight excluding hydrogens is 255 g/mol. The third kappa shape index (κ3) is 2.23. The summed E-state index contributed by atoms with van der Waals surface area (Å²) in [6.07, 6.45) is 0.371. The number of hydrogen-bond donors (Lipinski definition) is 1. The Bertz CT molecular complexity index is 549. The summed E-state index contributed by atoms with van der Waals surface area (Å²) in [5.41, 5.74) is -1.42. The second-order valence-corrected chi connectivity index (χ2v) is 4.90. The van der Waals surface area contributed by atoms with E-state index >= 15 is 0 Å². The first kappa shape index (κ1) is 13.3. The molecule has 1 atom stereocenters. The summed E-state index contributed by atoms with van der Waals surface area (Å²) in [5, 5.41) is 20.1. The quantitative estimate of drug-likeness (QED) is 0.669. The van der Waals surface area contributed by atoms with Gasteiger partial charge in [-0.2, -0.15) is 4.39 Å². The summed E-state index contributed by atoms with van der Waals surface area (Å²) in [5.74, 6) is -1.86.